The molecule has 9 fully saturated rings. The van der Waals surface area contributed by atoms with E-state index in [4.69, 9.17) is 80.5 Å². The SMILES string of the molecule is CC(=O)N[C@H]1[C@H](OC[C@H]2O[C@@H](O[C@H]3[C@H](O)[C@@H](O)C(O)O[C@@H]3CO)[C@H](O)[C@@H](O[C@@H]3O[C@H](CO)[C@@H](O[C@@H]4O[C@@H](C)[C@@H](O)[C@@H](O)[C@@H]4O)[C@H](O[C@@H]4O[C@H](CO)[C@H](O)[C@H](O[C@]5(C(=O)O)C[C@H](O)[C@@H](NC(C)=O)[C@H]([C@H](O)[C@H](O)CO)O5)[C@H]4O)[C@H]3NC(C)=O)[C@H]2O)O[C@H](CO)[C@@H](OC2O[C@H](CO[C@]3(C(=O)O)C[C@H](O)[C@@H](NC(C)=O)[C@H]([C@H](O)[C@H](O)CO)O3)[C@H](O)[C@H](O)[C@H]2O)[C@@H]1O. The molecule has 55 heteroatoms. The Morgan fingerprint density at radius 1 is 0.358 bits per heavy atom. The molecule has 9 heterocycles. The normalized spacial score (nSPS) is 46.6. The van der Waals surface area contributed by atoms with Crippen LogP contribution >= 0.6 is 0 Å². The molecule has 0 saturated carbocycles. The van der Waals surface area contributed by atoms with E-state index < -0.39 is 389 Å². The van der Waals surface area contributed by atoms with Crippen molar-refractivity contribution in [3.63, 3.8) is 0 Å². The fourth-order valence-corrected chi connectivity index (χ4v) is 15.7. The summed E-state index contributed by atoms with van der Waals surface area (Å²) in [5.74, 6) is -14.6. The molecular formula is C68H112N4O51. The van der Waals surface area contributed by atoms with Crippen molar-refractivity contribution in [3.05, 3.63) is 0 Å². The summed E-state index contributed by atoms with van der Waals surface area (Å²) in [5.41, 5.74) is 0. The number of carboxylic acids is 2. The number of carboxylic acid groups (broad SMARTS) is 2. The van der Waals surface area contributed by atoms with Crippen molar-refractivity contribution in [2.75, 3.05) is 52.9 Å². The van der Waals surface area contributed by atoms with Crippen LogP contribution in [0.1, 0.15) is 47.5 Å². The highest BCUT2D eigenvalue weighted by Gasteiger charge is 2.64. The Bertz CT molecular complexity index is 3430. The first-order valence-electron chi connectivity index (χ1n) is 38.7. The third-order valence-corrected chi connectivity index (χ3v) is 22.3. The van der Waals surface area contributed by atoms with Crippen molar-refractivity contribution in [3.8, 4) is 0 Å². The summed E-state index contributed by atoms with van der Waals surface area (Å²) in [6.45, 7) is -5.04. The summed E-state index contributed by atoms with van der Waals surface area (Å²) in [6, 6.07) is -7.71. The summed E-state index contributed by atoms with van der Waals surface area (Å²) >= 11 is 0. The van der Waals surface area contributed by atoms with Crippen LogP contribution in [0, 0.1) is 0 Å². The van der Waals surface area contributed by atoms with Crippen molar-refractivity contribution < 1.29 is 252 Å². The van der Waals surface area contributed by atoms with Crippen LogP contribution in [0.25, 0.3) is 0 Å². The number of nitrogens with one attached hydrogen (secondary N) is 4. The van der Waals surface area contributed by atoms with Gasteiger partial charge in [-0.15, -0.1) is 0 Å². The van der Waals surface area contributed by atoms with Gasteiger partial charge in [-0.2, -0.15) is 0 Å². The summed E-state index contributed by atoms with van der Waals surface area (Å²) < 4.78 is 100. The zero-order valence-electron chi connectivity index (χ0n) is 66.0. The van der Waals surface area contributed by atoms with Gasteiger partial charge >= 0.3 is 11.9 Å². The topological polar surface area (TPSA) is 874 Å². The Morgan fingerprint density at radius 2 is 0.740 bits per heavy atom. The highest BCUT2D eigenvalue weighted by molar-refractivity contribution is 5.78. The summed E-state index contributed by atoms with van der Waals surface area (Å²) in [5, 5.41) is 320. The molecule has 0 aromatic heterocycles. The van der Waals surface area contributed by atoms with Gasteiger partial charge in [0.15, 0.2) is 44.0 Å². The van der Waals surface area contributed by atoms with E-state index in [9.17, 15) is 172 Å². The maximum absolute atomic E-state index is 13.7. The Hall–Kier alpha value is -4.90. The maximum Gasteiger partial charge on any atom is 0.364 e. The molecule has 0 radical (unpaired) electrons. The molecule has 32 N–H and O–H groups in total. The molecule has 9 aliphatic rings. The van der Waals surface area contributed by atoms with Gasteiger partial charge in [-0.25, -0.2) is 9.59 Å². The average molecular weight is 1800 g/mol. The summed E-state index contributed by atoms with van der Waals surface area (Å²) in [6.07, 6.45) is -93.6. The van der Waals surface area contributed by atoms with Crippen LogP contribution in [0.5, 0.6) is 0 Å². The van der Waals surface area contributed by atoms with E-state index in [1.807, 2.05) is 0 Å². The second kappa shape index (κ2) is 43.2. The highest BCUT2D eigenvalue weighted by Crippen LogP contribution is 2.43. The van der Waals surface area contributed by atoms with Gasteiger partial charge in [-0.3, -0.25) is 19.2 Å². The molecule has 9 saturated heterocycles. The van der Waals surface area contributed by atoms with Crippen molar-refractivity contribution in [1.82, 2.24) is 21.3 Å². The number of ether oxygens (including phenoxy) is 17. The fraction of sp³-hybridized carbons (Fsp3) is 0.912. The predicted octanol–water partition coefficient (Wildman–Crippen LogP) is -20.6. The van der Waals surface area contributed by atoms with Gasteiger partial charge < -0.3 is 245 Å². The molecule has 0 spiro atoms. The molecule has 710 valence electrons. The Labute approximate surface area is 694 Å². The van der Waals surface area contributed by atoms with Crippen LogP contribution in [-0.2, 0) is 109 Å². The second-order valence-corrected chi connectivity index (χ2v) is 31.0. The number of hydrogen-bond acceptors (Lipinski definition) is 49. The lowest BCUT2D eigenvalue weighted by atomic mass is 9.88. The molecule has 9 rings (SSSR count). The van der Waals surface area contributed by atoms with E-state index in [1.165, 1.54) is 6.92 Å². The molecule has 55 nitrogen and oxygen atoms in total. The number of rotatable bonds is 34. The van der Waals surface area contributed by atoms with Crippen LogP contribution < -0.4 is 21.3 Å². The van der Waals surface area contributed by atoms with Crippen LogP contribution in [-0.4, -0.2) is 519 Å². The molecule has 0 aliphatic carbocycles. The largest absolute Gasteiger partial charge is 0.477 e. The fourth-order valence-electron chi connectivity index (χ4n) is 15.7. The van der Waals surface area contributed by atoms with E-state index in [0.717, 1.165) is 27.7 Å². The smallest absolute Gasteiger partial charge is 0.364 e. The van der Waals surface area contributed by atoms with Crippen molar-refractivity contribution in [2.45, 2.75) is 335 Å². The highest BCUT2D eigenvalue weighted by atomic mass is 16.8. The molecule has 123 heavy (non-hydrogen) atoms. The molecule has 0 bridgehead atoms. The monoisotopic (exact) mass is 1800 g/mol. The zero-order valence-corrected chi connectivity index (χ0v) is 66.0. The number of aliphatic carboxylic acids is 2. The predicted molar refractivity (Wildman–Crippen MR) is 376 cm³/mol. The number of aliphatic hydroxyl groups excluding tert-OH is 26. The molecule has 9 aliphatic heterocycles. The maximum atomic E-state index is 13.7. The molecule has 47 atom stereocenters. The van der Waals surface area contributed by atoms with Crippen molar-refractivity contribution in [1.29, 1.82) is 0 Å². The molecule has 4 amide bonds. The first-order valence-corrected chi connectivity index (χ1v) is 38.7. The van der Waals surface area contributed by atoms with Gasteiger partial charge in [0, 0.05) is 40.5 Å². The van der Waals surface area contributed by atoms with Crippen molar-refractivity contribution >= 4 is 35.6 Å². The Kier molecular flexibility index (Phi) is 35.8. The Balaban J connectivity index is 1.04. The number of carbonyl (C=O) groups is 6. The first kappa shape index (κ1) is 102. The third-order valence-electron chi connectivity index (χ3n) is 22.3. The van der Waals surface area contributed by atoms with E-state index in [0.29, 0.717) is 0 Å². The number of aliphatic hydroxyl groups is 26. The van der Waals surface area contributed by atoms with E-state index in [-0.39, 0.29) is 0 Å². The molecule has 2 unspecified atom stereocenters. The van der Waals surface area contributed by atoms with E-state index >= 15 is 0 Å². The standard InChI is InChI=1S/C68H112N4O51/c1-16-35(87)42(94)46(98)61(109-16)118-52-28(13-78)113-60(34(72-20(5)82)55(52)119-64-49(101)57(39(91)25(10-75)111-64)123-68(66(105)106)7-22(84)32(70-18(3)80)54(122-68)37(89)24(86)9-74)120-56-40(92)29(114-63(48(56)100)117-51-26(11-76)110-58(102)45(97)44(51)96)14-107-59-33(71-19(4)81)41(93)50(27(12-77)112-59)116-62-47(99)43(95)38(90)30(115-62)15-108-67(65(103)104)6-21(83)31(69-17(2)79)53(121-67)36(88)23(85)8-73/h16,21-64,73-78,83-102H,6-15H2,1-5H3,(H,69,79)(H,70,80)(H,71,81)(H,72,82)(H,103,104)(H,105,106)/t16-,21-,22-,23+,24+,25+,26+,27+,28+,29+,30+,31+,32+,33+,34+,35+,36+,37+,38-,39-,40-,41+,42+,43-,44+,45+,46-,47+,48+,49+,50+,51+,52+,53+,54+,55+,56-,57-,58?,59+,60-,61-,62?,63-,64-,67+,68-/m0/s1. The summed E-state index contributed by atoms with van der Waals surface area (Å²) in [4.78, 5) is 77.8. The quantitative estimate of drug-likeness (QED) is 0.0284. The zero-order chi connectivity index (χ0) is 91.4. The first-order chi connectivity index (χ1) is 57.8. The van der Waals surface area contributed by atoms with Gasteiger partial charge in [-0.05, 0) is 6.92 Å². The molecular weight excluding hydrogens is 1690 g/mol. The van der Waals surface area contributed by atoms with Gasteiger partial charge in [0.1, 0.15) is 201 Å². The van der Waals surface area contributed by atoms with E-state index in [1.54, 1.807) is 0 Å². The lowest BCUT2D eigenvalue weighted by Crippen LogP contribution is -2.72. The van der Waals surface area contributed by atoms with Gasteiger partial charge in [-0.1, -0.05) is 0 Å². The lowest BCUT2D eigenvalue weighted by molar-refractivity contribution is -0.400. The van der Waals surface area contributed by atoms with Crippen LogP contribution in [0.15, 0.2) is 0 Å². The van der Waals surface area contributed by atoms with Crippen LogP contribution in [0.4, 0.5) is 0 Å². The summed E-state index contributed by atoms with van der Waals surface area (Å²) in [7, 11) is 0. The minimum Gasteiger partial charge on any atom is -0.477 e. The van der Waals surface area contributed by atoms with Gasteiger partial charge in [0.2, 0.25) is 23.6 Å². The minimum absolute atomic E-state index is 0.835. The Morgan fingerprint density at radius 3 is 1.24 bits per heavy atom. The van der Waals surface area contributed by atoms with Crippen LogP contribution in [0.2, 0.25) is 0 Å². The number of amides is 4. The average Bonchev–Trinajstić information content (AvgIpc) is 0.755. The minimum atomic E-state index is -3.40. The second-order valence-electron chi connectivity index (χ2n) is 31.0. The van der Waals surface area contributed by atoms with Gasteiger partial charge in [0.25, 0.3) is 11.6 Å². The number of carbonyl (C=O) groups excluding carboxylic acids is 4. The van der Waals surface area contributed by atoms with Crippen LogP contribution in [0.3, 0.4) is 0 Å². The van der Waals surface area contributed by atoms with Crippen molar-refractivity contribution in [2.24, 2.45) is 0 Å². The third kappa shape index (κ3) is 22.4. The van der Waals surface area contributed by atoms with Gasteiger partial charge in [0.05, 0.1) is 83.3 Å². The van der Waals surface area contributed by atoms with E-state index in [2.05, 4.69) is 21.3 Å². The number of hydrogen-bond donors (Lipinski definition) is 32. The molecule has 0 aromatic carbocycles. The molecule has 0 aromatic rings. The lowest BCUT2D eigenvalue weighted by Gasteiger charge is -2.52.